The first-order valence-electron chi connectivity index (χ1n) is 13.3. The van der Waals surface area contributed by atoms with Crippen molar-refractivity contribution >= 4 is 14.2 Å². The van der Waals surface area contributed by atoms with Crippen LogP contribution < -0.4 is 11.2 Å². The van der Waals surface area contributed by atoms with E-state index in [1.165, 1.54) is 17.7 Å². The van der Waals surface area contributed by atoms with Crippen LogP contribution >= 0.6 is 8.30 Å². The van der Waals surface area contributed by atoms with Crippen molar-refractivity contribution in [3.8, 4) is 6.07 Å². The summed E-state index contributed by atoms with van der Waals surface area (Å²) < 4.78 is 23.3. The molecule has 1 aromatic heterocycles. The molecule has 0 aliphatic carbocycles. The number of carbonyl (C=O) groups is 1. The Labute approximate surface area is 226 Å². The molecular weight excluding hydrogens is 509 g/mol. The van der Waals surface area contributed by atoms with Gasteiger partial charge in [-0.3, -0.25) is 23.8 Å². The Morgan fingerprint density at radius 3 is 2.47 bits per heavy atom. The van der Waals surface area contributed by atoms with Gasteiger partial charge in [0.25, 0.3) is 5.56 Å². The third-order valence-corrected chi connectivity index (χ3v) is 9.20. The van der Waals surface area contributed by atoms with E-state index in [1.807, 2.05) is 6.92 Å². The zero-order chi connectivity index (χ0) is 28.6. The number of amides is 1. The molecule has 214 valence electrons. The number of nitriles is 1. The highest BCUT2D eigenvalue weighted by atomic mass is 31.2. The van der Waals surface area contributed by atoms with Crippen LogP contribution in [0.5, 0.6) is 0 Å². The third kappa shape index (κ3) is 8.20. The molecule has 1 fully saturated rings. The van der Waals surface area contributed by atoms with E-state index in [0.717, 1.165) is 0 Å². The number of H-pyrrole nitrogens is 1. The van der Waals surface area contributed by atoms with Crippen molar-refractivity contribution in [1.29, 1.82) is 5.26 Å². The fourth-order valence-corrected chi connectivity index (χ4v) is 7.03. The maximum absolute atomic E-state index is 12.8. The van der Waals surface area contributed by atoms with Crippen molar-refractivity contribution in [1.82, 2.24) is 19.1 Å². The summed E-state index contributed by atoms with van der Waals surface area (Å²) in [7, 11) is 0.582. The van der Waals surface area contributed by atoms with Crippen molar-refractivity contribution in [3.63, 3.8) is 0 Å². The number of ether oxygens (including phenoxy) is 2. The lowest BCUT2D eigenvalue weighted by molar-refractivity contribution is -0.129. The van der Waals surface area contributed by atoms with Gasteiger partial charge in [-0.2, -0.15) is 5.26 Å². The normalized spacial score (nSPS) is 22.3. The van der Waals surface area contributed by atoms with Crippen LogP contribution in [0.15, 0.2) is 15.8 Å². The molecule has 1 amide bonds. The van der Waals surface area contributed by atoms with Crippen molar-refractivity contribution in [2.75, 3.05) is 26.4 Å². The molecule has 1 aliphatic heterocycles. The van der Waals surface area contributed by atoms with Crippen molar-refractivity contribution in [2.24, 2.45) is 0 Å². The molecule has 1 unspecified atom stereocenters. The second-order valence-corrected chi connectivity index (χ2v) is 12.0. The summed E-state index contributed by atoms with van der Waals surface area (Å²) in [6.45, 7) is 14.2. The minimum Gasteiger partial charge on any atom is -0.369 e. The fraction of sp³-hybridized carbons (Fsp3) is 0.769. The van der Waals surface area contributed by atoms with Gasteiger partial charge in [-0.25, -0.2) is 4.79 Å². The van der Waals surface area contributed by atoms with Crippen LogP contribution in [0.4, 0.5) is 0 Å². The average Bonchev–Trinajstić information content (AvgIpc) is 3.17. The Morgan fingerprint density at radius 1 is 1.26 bits per heavy atom. The van der Waals surface area contributed by atoms with E-state index < -0.39 is 38.0 Å². The molecule has 0 aromatic carbocycles. The van der Waals surface area contributed by atoms with Crippen LogP contribution in [0.2, 0.25) is 0 Å². The Hall–Kier alpha value is -2.09. The molecule has 1 aromatic rings. The molecule has 11 nitrogen and oxygen atoms in total. The Kier molecular flexibility index (Phi) is 12.6. The van der Waals surface area contributed by atoms with Crippen LogP contribution in [-0.4, -0.2) is 81.8 Å². The highest BCUT2D eigenvalue weighted by molar-refractivity contribution is 7.50. The first-order valence-corrected chi connectivity index (χ1v) is 14.7. The van der Waals surface area contributed by atoms with Gasteiger partial charge in [-0.15, -0.1) is 0 Å². The highest BCUT2D eigenvalue weighted by Gasteiger charge is 2.48. The maximum atomic E-state index is 12.8. The number of rotatable bonds is 14. The van der Waals surface area contributed by atoms with Crippen LogP contribution in [0.1, 0.15) is 72.6 Å². The Bertz CT molecular complexity index is 1060. The summed E-state index contributed by atoms with van der Waals surface area (Å²) in [4.78, 5) is 40.5. The van der Waals surface area contributed by atoms with Crippen LogP contribution in [0, 0.1) is 18.3 Å². The highest BCUT2D eigenvalue weighted by Crippen LogP contribution is 2.50. The molecule has 12 heteroatoms. The molecule has 0 radical (unpaired) electrons. The molecule has 2 rings (SSSR count). The number of aromatic nitrogens is 2. The SMILES string of the molecule is CC[C@H]1O[C@@H](n2cc(C)c(=O)[nH]c2=O)[C@H](OCCN(C)C(C)=O)[C@@H]1OP(CCCC#N)N(C(C)C)C(C)C. The van der Waals surface area contributed by atoms with Crippen molar-refractivity contribution in [2.45, 2.75) is 104 Å². The number of likely N-dealkylation sites (N-methyl/N-ethyl adjacent to an activating group) is 1. The molecule has 0 saturated carbocycles. The van der Waals surface area contributed by atoms with Gasteiger partial charge in [0.1, 0.15) is 20.5 Å². The van der Waals surface area contributed by atoms with E-state index in [0.29, 0.717) is 37.5 Å². The van der Waals surface area contributed by atoms with Crippen LogP contribution in [0.3, 0.4) is 0 Å². The summed E-state index contributed by atoms with van der Waals surface area (Å²) in [6.07, 6.45) is 1.63. The van der Waals surface area contributed by atoms with Gasteiger partial charge in [0.05, 0.1) is 18.8 Å². The molecule has 38 heavy (non-hydrogen) atoms. The van der Waals surface area contributed by atoms with E-state index in [-0.39, 0.29) is 30.7 Å². The van der Waals surface area contributed by atoms with E-state index in [1.54, 1.807) is 18.9 Å². The number of aromatic amines is 1. The molecular formula is C26H44N5O6P. The monoisotopic (exact) mass is 553 g/mol. The largest absolute Gasteiger partial charge is 0.369 e. The summed E-state index contributed by atoms with van der Waals surface area (Å²) in [5.74, 6) is -0.0787. The van der Waals surface area contributed by atoms with Gasteiger partial charge in [0, 0.05) is 56.9 Å². The third-order valence-electron chi connectivity index (χ3n) is 6.58. The maximum Gasteiger partial charge on any atom is 0.330 e. The minimum atomic E-state index is -1.12. The number of unbranched alkanes of at least 4 members (excludes halogenated alkanes) is 1. The first-order chi connectivity index (χ1) is 17.9. The Morgan fingerprint density at radius 2 is 1.92 bits per heavy atom. The molecule has 1 aliphatic rings. The van der Waals surface area contributed by atoms with Gasteiger partial charge in [0.15, 0.2) is 6.23 Å². The summed E-state index contributed by atoms with van der Waals surface area (Å²) in [5.41, 5.74) is -0.654. The van der Waals surface area contributed by atoms with E-state index >= 15 is 0 Å². The van der Waals surface area contributed by atoms with Crippen LogP contribution in [0.25, 0.3) is 0 Å². The molecule has 2 heterocycles. The summed E-state index contributed by atoms with van der Waals surface area (Å²) >= 11 is 0. The number of nitrogens with one attached hydrogen (secondary N) is 1. The minimum absolute atomic E-state index is 0.0787. The van der Waals surface area contributed by atoms with Gasteiger partial charge in [0.2, 0.25) is 5.91 Å². The zero-order valence-electron chi connectivity index (χ0n) is 24.0. The molecule has 5 atom stereocenters. The molecule has 0 spiro atoms. The Balaban J connectivity index is 2.48. The van der Waals surface area contributed by atoms with Gasteiger partial charge in [-0.05, 0) is 47.5 Å². The lowest BCUT2D eigenvalue weighted by Crippen LogP contribution is -2.43. The van der Waals surface area contributed by atoms with Crippen molar-refractivity contribution in [3.05, 3.63) is 32.6 Å². The number of hydrogen-bond acceptors (Lipinski definition) is 8. The van der Waals surface area contributed by atoms with Gasteiger partial charge in [-0.1, -0.05) is 6.92 Å². The van der Waals surface area contributed by atoms with E-state index in [4.69, 9.17) is 19.3 Å². The van der Waals surface area contributed by atoms with E-state index in [9.17, 15) is 14.4 Å². The fourth-order valence-electron chi connectivity index (χ4n) is 4.59. The number of aryl methyl sites for hydroxylation is 1. The molecule has 0 bridgehead atoms. The number of carbonyl (C=O) groups excluding carboxylic acids is 1. The lowest BCUT2D eigenvalue weighted by Gasteiger charge is -2.40. The molecule has 1 N–H and O–H groups in total. The predicted molar refractivity (Wildman–Crippen MR) is 147 cm³/mol. The first kappa shape index (κ1) is 32.1. The standard InChI is InChI=1S/C26H44N5O6P/c1-9-21-22(37-38(15-11-10-12-27)31(17(2)3)18(4)5)23(35-14-13-29(8)20(7)32)25(36-21)30-16-19(6)24(33)28-26(30)34/h16-18,21-23,25H,9-11,13-15H2,1-8H3,(H,28,33,34)/t21-,22-,23-,25-,38?/m1/s1. The summed E-state index contributed by atoms with van der Waals surface area (Å²) in [6, 6.07) is 2.66. The smallest absolute Gasteiger partial charge is 0.330 e. The molecule has 1 saturated heterocycles. The van der Waals surface area contributed by atoms with Crippen molar-refractivity contribution < 1.29 is 18.8 Å². The second-order valence-electron chi connectivity index (χ2n) is 10.2. The topological polar surface area (TPSA) is 130 Å². The second kappa shape index (κ2) is 14.9. The van der Waals surface area contributed by atoms with Gasteiger partial charge < -0.3 is 18.9 Å². The van der Waals surface area contributed by atoms with Crippen LogP contribution in [-0.2, 0) is 18.8 Å². The summed E-state index contributed by atoms with van der Waals surface area (Å²) in [5, 5.41) is 9.13. The van der Waals surface area contributed by atoms with E-state index in [2.05, 4.69) is 43.4 Å². The lowest BCUT2D eigenvalue weighted by atomic mass is 10.1. The zero-order valence-corrected chi connectivity index (χ0v) is 24.9. The number of hydrogen-bond donors (Lipinski definition) is 1. The average molecular weight is 554 g/mol. The number of nitrogens with zero attached hydrogens (tertiary/aromatic N) is 4. The quantitative estimate of drug-likeness (QED) is 0.275. The predicted octanol–water partition coefficient (Wildman–Crippen LogP) is 3.14. The van der Waals surface area contributed by atoms with Gasteiger partial charge >= 0.3 is 5.69 Å².